The number of imidazole rings is 1. The minimum atomic E-state index is -1.95. The third-order valence-electron chi connectivity index (χ3n) is 21.7. The number of halogens is 1. The van der Waals surface area contributed by atoms with E-state index in [1.807, 2.05) is 135 Å². The van der Waals surface area contributed by atoms with E-state index in [0.717, 1.165) is 37.1 Å². The van der Waals surface area contributed by atoms with Crippen molar-refractivity contribution >= 4 is 115 Å². The van der Waals surface area contributed by atoms with Crippen LogP contribution < -0.4 is 58.9 Å². The summed E-state index contributed by atoms with van der Waals surface area (Å²) >= 11 is 2.25. The van der Waals surface area contributed by atoms with Crippen LogP contribution in [0.25, 0.3) is 0 Å². The van der Waals surface area contributed by atoms with Crippen LogP contribution in [0.3, 0.4) is 0 Å². The fourth-order valence-corrected chi connectivity index (χ4v) is 19.4. The molecule has 4 fully saturated rings. The first-order valence-corrected chi connectivity index (χ1v) is 42.6. The predicted molar refractivity (Wildman–Crippen MR) is 442 cm³/mol. The smallest absolute Gasteiger partial charge is 0.245 e. The average molecular weight is 1690 g/mol. The molecule has 6 aromatic rings. The number of aryl methyl sites for hydroxylation is 1. The van der Waals surface area contributed by atoms with Gasteiger partial charge in [-0.25, -0.2) is 4.98 Å². The molecule has 1 saturated carbocycles. The van der Waals surface area contributed by atoms with E-state index in [-0.39, 0.29) is 88.6 Å². The quantitative estimate of drug-likeness (QED) is 0.0142. The number of H-pyrrole nitrogens is 1. The van der Waals surface area contributed by atoms with Crippen molar-refractivity contribution in [1.29, 1.82) is 0 Å². The number of nitrogens with zero attached hydrogens (tertiary/aromatic N) is 2. The van der Waals surface area contributed by atoms with E-state index in [2.05, 4.69) is 85.7 Å². The lowest BCUT2D eigenvalue weighted by Gasteiger charge is -2.45. The van der Waals surface area contributed by atoms with Crippen LogP contribution in [0.5, 0.6) is 0 Å². The van der Waals surface area contributed by atoms with Crippen LogP contribution in [-0.2, 0) is 68.7 Å². The Morgan fingerprint density at radius 3 is 1.90 bits per heavy atom. The molecule has 29 heteroatoms. The highest BCUT2D eigenvalue weighted by Crippen LogP contribution is 2.51. The molecule has 13 N–H and O–H groups in total. The number of rotatable bonds is 22. The maximum Gasteiger partial charge on any atom is 0.245 e. The Balaban J connectivity index is 1.06. The first-order valence-electron chi connectivity index (χ1n) is 39.2. The molecule has 3 saturated heterocycles. The van der Waals surface area contributed by atoms with E-state index in [0.29, 0.717) is 92.0 Å². The molecular weight excluding hydrogens is 1590 g/mol. The van der Waals surface area contributed by atoms with Gasteiger partial charge in [-0.3, -0.25) is 52.7 Å². The Morgan fingerprint density at radius 2 is 1.29 bits per heavy atom. The molecule has 3 bridgehead atoms. The van der Waals surface area contributed by atoms with Gasteiger partial charge in [0, 0.05) is 79.7 Å². The highest BCUT2D eigenvalue weighted by Gasteiger charge is 2.56. The van der Waals surface area contributed by atoms with Crippen LogP contribution in [0.2, 0.25) is 0 Å². The van der Waals surface area contributed by atoms with E-state index >= 15 is 24.0 Å². The molecule has 10 atom stereocenters. The zero-order chi connectivity index (χ0) is 80.4. The maximum absolute atomic E-state index is 16.3. The summed E-state index contributed by atoms with van der Waals surface area (Å²) in [6, 6.07) is 33.3. The van der Waals surface area contributed by atoms with Gasteiger partial charge in [-0.2, -0.15) is 0 Å². The number of primary amides is 1. The van der Waals surface area contributed by atoms with E-state index < -0.39 is 135 Å². The SMILES string of the molecule is CC(C)CC(=O)N[C@H]1CCC(=O)NCCCC[C@H](C(N)=O)NC[C@](C=O)(C(c2ccccc2)c2ccccc2)NC(=O)[C@H](CCCCNC(=O)CCCc2ccc(I)cc2)N(C)C(=O)[C@H](C2CCCCC2)NC(=O)[C@@H]2CSSC3(c4cnc[nH]4)C[C@H](NC1=O)C(=O)N[C@@H]3C(=O)N[C@@H](C(c1ccccc1)c1ccccc1)C(=O)N2. The van der Waals surface area contributed by atoms with Crippen LogP contribution in [0.4, 0.5) is 0 Å². The lowest BCUT2D eigenvalue weighted by Crippen LogP contribution is -2.69. The lowest BCUT2D eigenvalue weighted by atomic mass is 9.75. The summed E-state index contributed by atoms with van der Waals surface area (Å²) in [5.41, 5.74) is 8.11. The molecule has 1 aliphatic carbocycles. The highest BCUT2D eigenvalue weighted by molar-refractivity contribution is 14.1. The summed E-state index contributed by atoms with van der Waals surface area (Å²) < 4.78 is -0.497. The van der Waals surface area contributed by atoms with Gasteiger partial charge in [0.25, 0.3) is 0 Å². The summed E-state index contributed by atoms with van der Waals surface area (Å²) in [5.74, 6) is -9.96. The van der Waals surface area contributed by atoms with Crippen LogP contribution in [0.1, 0.15) is 168 Å². The molecule has 4 aliphatic rings. The maximum atomic E-state index is 16.3. The van der Waals surface area contributed by atoms with Gasteiger partial charge < -0.3 is 73.6 Å². The van der Waals surface area contributed by atoms with Crippen molar-refractivity contribution in [2.45, 2.75) is 200 Å². The topological polar surface area (TPSA) is 383 Å². The highest BCUT2D eigenvalue weighted by atomic mass is 127. The molecule has 4 heterocycles. The van der Waals surface area contributed by atoms with E-state index in [1.165, 1.54) is 24.5 Å². The van der Waals surface area contributed by atoms with E-state index in [4.69, 9.17) is 5.73 Å². The number of hydrogen-bond donors (Lipinski definition) is 12. The standard InChI is InChI=1S/C84H105IN14O12S2/c1-53(2)46-69(103)92-62-42-43-68(102)89-44-21-19-35-61(75(86)104)90-50-83(51-100,71(57-29-13-6-14-30-57)58-31-15-7-16-32-58)98-79(108)65(36-20-22-45-88-67(101)37-23-24-54-38-40-60(85)41-39-54)99(3)82(111)72(59-33-17-8-18-34-59)95-78(107)64-49-112-113-84(66-48-87-52-91-66)47-63(93-76(62)105)77(106)97-74(84)81(110)96-73(80(109)94-64)70(55-25-9-4-10-26-55)56-27-11-5-12-28-56/h4-7,9-16,25-32,38-41,48,51-53,59,61-65,70-74,90H,8,17-24,33-37,42-47,49-50H2,1-3H3,(H2,86,104)(H,87,91)(H,88,101)(H,89,102)(H,92,103)(H,93,105)(H,94,109)(H,95,107)(H,96,110)(H,97,106)(H,98,108)/t61-,62+,63+,64+,65+,72+,73+,74-,83+,84?/m1/s1. The fraction of sp³-hybridized carbons (Fsp3) is 0.464. The number of benzene rings is 5. The number of hydrogen-bond acceptors (Lipinski definition) is 16. The molecule has 10 rings (SSSR count). The van der Waals surface area contributed by atoms with Gasteiger partial charge in [-0.05, 0) is 145 Å². The normalized spacial score (nSPS) is 24.7. The third-order valence-corrected chi connectivity index (χ3v) is 25.6. The second-order valence-electron chi connectivity index (χ2n) is 30.3. The first kappa shape index (κ1) is 86.0. The van der Waals surface area contributed by atoms with Gasteiger partial charge in [-0.15, -0.1) is 0 Å². The number of nitrogens with two attached hydrogens (primary N) is 1. The van der Waals surface area contributed by atoms with Crippen molar-refractivity contribution in [2.75, 3.05) is 32.4 Å². The molecular formula is C84H105IN14O12S2. The molecule has 602 valence electrons. The molecule has 3 aliphatic heterocycles. The largest absolute Gasteiger partial charge is 0.368 e. The van der Waals surface area contributed by atoms with Gasteiger partial charge in [0.2, 0.25) is 65.0 Å². The molecule has 113 heavy (non-hydrogen) atoms. The van der Waals surface area contributed by atoms with Gasteiger partial charge in [0.1, 0.15) is 54.1 Å². The monoisotopic (exact) mass is 1690 g/mol. The van der Waals surface area contributed by atoms with Crippen molar-refractivity contribution in [3.63, 3.8) is 0 Å². The third kappa shape index (κ3) is 23.4. The van der Waals surface area contributed by atoms with E-state index in [1.54, 1.807) is 24.3 Å². The Labute approximate surface area is 681 Å². The first-order chi connectivity index (χ1) is 54.6. The second-order valence-corrected chi connectivity index (χ2v) is 34.2. The molecule has 26 nitrogen and oxygen atoms in total. The summed E-state index contributed by atoms with van der Waals surface area (Å²) in [4.78, 5) is 188. The Kier molecular flexibility index (Phi) is 32.0. The zero-order valence-corrected chi connectivity index (χ0v) is 67.9. The summed E-state index contributed by atoms with van der Waals surface area (Å²) in [6.07, 6.45) is 9.03. The summed E-state index contributed by atoms with van der Waals surface area (Å²) in [7, 11) is 3.66. The molecule has 1 aromatic heterocycles. The van der Waals surface area contributed by atoms with Gasteiger partial charge in [0.05, 0.1) is 22.8 Å². The summed E-state index contributed by atoms with van der Waals surface area (Å²) in [5, 5.41) is 30.1. The van der Waals surface area contributed by atoms with Crippen LogP contribution in [0, 0.1) is 15.4 Å². The zero-order valence-electron chi connectivity index (χ0n) is 64.1. The molecule has 0 spiro atoms. The van der Waals surface area contributed by atoms with Crippen molar-refractivity contribution in [3.05, 3.63) is 195 Å². The van der Waals surface area contributed by atoms with Gasteiger partial charge in [-0.1, -0.05) is 188 Å². The van der Waals surface area contributed by atoms with E-state index in [9.17, 15) is 33.6 Å². The number of carbonyl (C=O) groups is 12. The Hall–Kier alpha value is -9.46. The predicted octanol–water partition coefficient (Wildman–Crippen LogP) is 6.92. The number of aromatic nitrogens is 2. The van der Waals surface area contributed by atoms with Crippen molar-refractivity contribution < 1.29 is 57.5 Å². The molecule has 5 aromatic carbocycles. The van der Waals surface area contributed by atoms with Crippen LogP contribution in [0.15, 0.2) is 158 Å². The summed E-state index contributed by atoms with van der Waals surface area (Å²) in [6.45, 7) is 3.65. The number of fused-ring (bicyclic) bond motifs is 4. The molecule has 11 amide bonds. The Morgan fingerprint density at radius 1 is 0.673 bits per heavy atom. The van der Waals surface area contributed by atoms with Crippen molar-refractivity contribution in [3.8, 4) is 0 Å². The minimum Gasteiger partial charge on any atom is -0.368 e. The average Bonchev–Trinajstić information content (AvgIpc) is 1.74. The minimum absolute atomic E-state index is 0.00456. The number of piperidine rings is 1. The fourth-order valence-electron chi connectivity index (χ4n) is 15.7. The van der Waals surface area contributed by atoms with Crippen molar-refractivity contribution in [2.24, 2.45) is 17.6 Å². The second kappa shape index (κ2) is 42.1. The number of nitrogens with one attached hydrogen (secondary N) is 11. The lowest BCUT2D eigenvalue weighted by molar-refractivity contribution is -0.145. The number of unbranched alkanes of at least 4 members (excludes halogenated alkanes) is 1. The van der Waals surface area contributed by atoms with Crippen LogP contribution >= 0.6 is 44.2 Å². The Bertz CT molecular complexity index is 4130. The number of amides is 11. The van der Waals surface area contributed by atoms with Crippen molar-refractivity contribution in [1.82, 2.24) is 68.0 Å². The molecule has 1 unspecified atom stereocenters. The number of likely N-dealkylation sites (N-methyl/N-ethyl adjacent to an activating group) is 1. The number of aromatic amines is 1. The van der Waals surface area contributed by atoms with Gasteiger partial charge >= 0.3 is 0 Å². The number of carbonyl (C=O) groups excluding carboxylic acids is 12. The van der Waals surface area contributed by atoms with Gasteiger partial charge in [0.15, 0.2) is 0 Å². The van der Waals surface area contributed by atoms with Crippen LogP contribution in [-0.4, -0.2) is 172 Å². The number of aldehydes is 1. The molecule has 0 radical (unpaired) electrons.